The summed E-state index contributed by atoms with van der Waals surface area (Å²) in [6.45, 7) is 11.2. The van der Waals surface area contributed by atoms with Crippen molar-refractivity contribution in [3.05, 3.63) is 23.5 Å². The van der Waals surface area contributed by atoms with Crippen LogP contribution in [-0.2, 0) is 6.54 Å². The maximum atomic E-state index is 2.40. The molecule has 0 aliphatic carbocycles. The van der Waals surface area contributed by atoms with Crippen LogP contribution < -0.4 is 0 Å². The van der Waals surface area contributed by atoms with Crippen LogP contribution >= 0.6 is 0 Å². The van der Waals surface area contributed by atoms with Crippen LogP contribution in [0.1, 0.15) is 31.7 Å². The zero-order chi connectivity index (χ0) is 11.4. The Kier molecular flexibility index (Phi) is 4.40. The fourth-order valence-corrected chi connectivity index (χ4v) is 1.79. The third kappa shape index (κ3) is 3.38. The van der Waals surface area contributed by atoms with Crippen molar-refractivity contribution in [2.45, 2.75) is 46.7 Å². The van der Waals surface area contributed by atoms with Gasteiger partial charge >= 0.3 is 0 Å². The first-order valence-electron chi connectivity index (χ1n) is 5.85. The Hall–Kier alpha value is -0.760. The first-order valence-corrected chi connectivity index (χ1v) is 5.85. The van der Waals surface area contributed by atoms with Crippen LogP contribution in [0.15, 0.2) is 12.1 Å². The van der Waals surface area contributed by atoms with E-state index in [4.69, 9.17) is 0 Å². The van der Waals surface area contributed by atoms with Crippen LogP contribution in [0.4, 0.5) is 0 Å². The Bertz CT molecular complexity index is 280. The Labute approximate surface area is 93.9 Å². The number of aryl methyl sites for hydroxylation is 2. The lowest BCUT2D eigenvalue weighted by Gasteiger charge is -2.21. The van der Waals surface area contributed by atoms with Crippen molar-refractivity contribution in [1.29, 1.82) is 0 Å². The lowest BCUT2D eigenvalue weighted by molar-refractivity contribution is 0.265. The van der Waals surface area contributed by atoms with E-state index in [-0.39, 0.29) is 0 Å². The molecule has 0 fully saturated rings. The van der Waals surface area contributed by atoms with E-state index >= 15 is 0 Å². The Morgan fingerprint density at radius 3 is 2.20 bits per heavy atom. The molecule has 2 heteroatoms. The number of nitrogens with zero attached hydrogens (tertiary/aromatic N) is 2. The highest BCUT2D eigenvalue weighted by Gasteiger charge is 2.04. The topological polar surface area (TPSA) is 8.17 Å². The SMILES string of the molecule is Cc1ccc(C)n1CCCN(C)C(C)C. The highest BCUT2D eigenvalue weighted by molar-refractivity contribution is 5.13. The van der Waals surface area contributed by atoms with Crippen molar-refractivity contribution in [2.24, 2.45) is 0 Å². The Morgan fingerprint density at radius 1 is 1.20 bits per heavy atom. The number of rotatable bonds is 5. The van der Waals surface area contributed by atoms with Crippen LogP contribution in [-0.4, -0.2) is 29.1 Å². The van der Waals surface area contributed by atoms with E-state index in [1.807, 2.05) is 0 Å². The lowest BCUT2D eigenvalue weighted by Crippen LogP contribution is -2.28. The van der Waals surface area contributed by atoms with Crippen LogP contribution in [0.25, 0.3) is 0 Å². The molecule has 1 aromatic rings. The minimum absolute atomic E-state index is 0.650. The molecule has 86 valence electrons. The molecule has 0 aromatic carbocycles. The van der Waals surface area contributed by atoms with E-state index in [1.165, 1.54) is 24.4 Å². The lowest BCUT2D eigenvalue weighted by atomic mass is 10.3. The quantitative estimate of drug-likeness (QED) is 0.722. The van der Waals surface area contributed by atoms with Crippen LogP contribution in [0.5, 0.6) is 0 Å². The number of hydrogen-bond donors (Lipinski definition) is 0. The summed E-state index contributed by atoms with van der Waals surface area (Å²) in [5.74, 6) is 0. The highest BCUT2D eigenvalue weighted by Crippen LogP contribution is 2.08. The normalized spacial score (nSPS) is 11.7. The molecule has 2 nitrogen and oxygen atoms in total. The summed E-state index contributed by atoms with van der Waals surface area (Å²) in [5, 5.41) is 0. The van der Waals surface area contributed by atoms with Gasteiger partial charge in [-0.25, -0.2) is 0 Å². The molecule has 0 spiro atoms. The molecule has 0 aliphatic rings. The van der Waals surface area contributed by atoms with Gasteiger partial charge in [-0.15, -0.1) is 0 Å². The fourth-order valence-electron chi connectivity index (χ4n) is 1.79. The van der Waals surface area contributed by atoms with Crippen LogP contribution in [0.3, 0.4) is 0 Å². The van der Waals surface area contributed by atoms with E-state index in [9.17, 15) is 0 Å². The predicted molar refractivity (Wildman–Crippen MR) is 66.3 cm³/mol. The van der Waals surface area contributed by atoms with E-state index in [1.54, 1.807) is 0 Å². The van der Waals surface area contributed by atoms with Gasteiger partial charge in [0.05, 0.1) is 0 Å². The average Bonchev–Trinajstić information content (AvgIpc) is 2.48. The second-order valence-corrected chi connectivity index (χ2v) is 4.70. The number of hydrogen-bond acceptors (Lipinski definition) is 1. The van der Waals surface area contributed by atoms with Gasteiger partial charge in [-0.1, -0.05) is 0 Å². The molecular weight excluding hydrogens is 184 g/mol. The molecule has 1 aromatic heterocycles. The fraction of sp³-hybridized carbons (Fsp3) is 0.692. The number of aromatic nitrogens is 1. The van der Waals surface area contributed by atoms with E-state index < -0.39 is 0 Å². The van der Waals surface area contributed by atoms with Gasteiger partial charge in [0.1, 0.15) is 0 Å². The second kappa shape index (κ2) is 5.36. The van der Waals surface area contributed by atoms with Crippen molar-refractivity contribution in [1.82, 2.24) is 9.47 Å². The maximum Gasteiger partial charge on any atom is 0.0236 e. The zero-order valence-electron chi connectivity index (χ0n) is 10.7. The van der Waals surface area contributed by atoms with Gasteiger partial charge in [0.25, 0.3) is 0 Å². The predicted octanol–water partition coefficient (Wildman–Crippen LogP) is 2.84. The molecule has 1 rings (SSSR count). The van der Waals surface area contributed by atoms with Crippen LogP contribution in [0.2, 0.25) is 0 Å². The van der Waals surface area contributed by atoms with E-state index in [2.05, 4.69) is 56.3 Å². The molecule has 0 aliphatic heterocycles. The maximum absolute atomic E-state index is 2.40. The molecule has 0 saturated heterocycles. The highest BCUT2D eigenvalue weighted by atomic mass is 15.1. The molecule has 0 bridgehead atoms. The summed E-state index contributed by atoms with van der Waals surface area (Å²) < 4.78 is 2.40. The van der Waals surface area contributed by atoms with Gasteiger partial charge < -0.3 is 9.47 Å². The monoisotopic (exact) mass is 208 g/mol. The van der Waals surface area contributed by atoms with Gasteiger partial charge in [0.2, 0.25) is 0 Å². The molecule has 0 amide bonds. The van der Waals surface area contributed by atoms with Crippen molar-refractivity contribution < 1.29 is 0 Å². The van der Waals surface area contributed by atoms with Crippen molar-refractivity contribution >= 4 is 0 Å². The summed E-state index contributed by atoms with van der Waals surface area (Å²) in [4.78, 5) is 2.40. The van der Waals surface area contributed by atoms with Gasteiger partial charge in [-0.05, 0) is 59.8 Å². The molecule has 15 heavy (non-hydrogen) atoms. The minimum atomic E-state index is 0.650. The molecule has 0 atom stereocenters. The van der Waals surface area contributed by atoms with E-state index in [0.29, 0.717) is 6.04 Å². The standard InChI is InChI=1S/C13H24N2/c1-11(2)14(5)9-6-10-15-12(3)7-8-13(15)4/h7-8,11H,6,9-10H2,1-5H3. The van der Waals surface area contributed by atoms with Gasteiger partial charge in [-0.3, -0.25) is 0 Å². The molecule has 1 heterocycles. The molecule has 0 unspecified atom stereocenters. The summed E-state index contributed by atoms with van der Waals surface area (Å²) in [6, 6.07) is 5.04. The summed E-state index contributed by atoms with van der Waals surface area (Å²) in [7, 11) is 2.19. The average molecular weight is 208 g/mol. The largest absolute Gasteiger partial charge is 0.349 e. The van der Waals surface area contributed by atoms with Crippen molar-refractivity contribution in [2.75, 3.05) is 13.6 Å². The summed E-state index contributed by atoms with van der Waals surface area (Å²) >= 11 is 0. The van der Waals surface area contributed by atoms with Gasteiger partial charge in [-0.2, -0.15) is 0 Å². The molecular formula is C13H24N2. The third-order valence-corrected chi connectivity index (χ3v) is 3.19. The third-order valence-electron chi connectivity index (χ3n) is 3.19. The van der Waals surface area contributed by atoms with Crippen molar-refractivity contribution in [3.63, 3.8) is 0 Å². The molecule has 0 saturated carbocycles. The smallest absolute Gasteiger partial charge is 0.0236 e. The Morgan fingerprint density at radius 2 is 1.73 bits per heavy atom. The van der Waals surface area contributed by atoms with Gasteiger partial charge in [0.15, 0.2) is 0 Å². The first kappa shape index (κ1) is 12.3. The minimum Gasteiger partial charge on any atom is -0.349 e. The molecule has 0 N–H and O–H groups in total. The first-order chi connectivity index (χ1) is 7.02. The van der Waals surface area contributed by atoms with Crippen LogP contribution in [0, 0.1) is 13.8 Å². The summed E-state index contributed by atoms with van der Waals surface area (Å²) in [6.07, 6.45) is 1.23. The second-order valence-electron chi connectivity index (χ2n) is 4.70. The van der Waals surface area contributed by atoms with Gasteiger partial charge in [0, 0.05) is 24.0 Å². The Balaban J connectivity index is 2.38. The molecule has 0 radical (unpaired) electrons. The van der Waals surface area contributed by atoms with Crippen molar-refractivity contribution in [3.8, 4) is 0 Å². The zero-order valence-corrected chi connectivity index (χ0v) is 10.7. The summed E-state index contributed by atoms with van der Waals surface area (Å²) in [5.41, 5.74) is 2.75. The van der Waals surface area contributed by atoms with E-state index in [0.717, 1.165) is 6.54 Å².